The molecule has 1 aromatic rings. The minimum Gasteiger partial charge on any atom is -0.468 e. The van der Waals surface area contributed by atoms with Gasteiger partial charge in [-0.1, -0.05) is 0 Å². The Kier molecular flexibility index (Phi) is 3.58. The summed E-state index contributed by atoms with van der Waals surface area (Å²) in [4.78, 5) is 15.2. The highest BCUT2D eigenvalue weighted by Gasteiger charge is 2.25. The second kappa shape index (κ2) is 4.71. The third-order valence-corrected chi connectivity index (χ3v) is 2.10. The van der Waals surface area contributed by atoms with Gasteiger partial charge >= 0.3 is 5.97 Å². The van der Waals surface area contributed by atoms with Gasteiger partial charge in [-0.3, -0.25) is 4.79 Å². The van der Waals surface area contributed by atoms with Crippen molar-refractivity contribution in [1.29, 1.82) is 0 Å². The molecular weight excluding hydrogens is 184 g/mol. The summed E-state index contributed by atoms with van der Waals surface area (Å²) in [6.45, 7) is 1.87. The van der Waals surface area contributed by atoms with E-state index in [9.17, 15) is 4.79 Å². The molecule has 6 nitrogen and oxygen atoms in total. The van der Waals surface area contributed by atoms with E-state index in [1.165, 1.54) is 13.4 Å². The Morgan fingerprint density at radius 2 is 2.36 bits per heavy atom. The van der Waals surface area contributed by atoms with Crippen LogP contribution in [0.3, 0.4) is 0 Å². The SMILES string of the molecule is CNC(C(=O)OC)C(C)n1cncn1. The summed E-state index contributed by atoms with van der Waals surface area (Å²) in [5.74, 6) is -0.310. The first kappa shape index (κ1) is 10.6. The van der Waals surface area contributed by atoms with Crippen LogP contribution in [0.1, 0.15) is 13.0 Å². The van der Waals surface area contributed by atoms with Gasteiger partial charge in [-0.25, -0.2) is 9.67 Å². The first-order valence-electron chi connectivity index (χ1n) is 4.30. The molecule has 78 valence electrons. The van der Waals surface area contributed by atoms with Crippen molar-refractivity contribution in [2.24, 2.45) is 0 Å². The zero-order chi connectivity index (χ0) is 10.6. The van der Waals surface area contributed by atoms with Crippen LogP contribution in [0.5, 0.6) is 0 Å². The number of aromatic nitrogens is 3. The van der Waals surface area contributed by atoms with Crippen molar-refractivity contribution in [1.82, 2.24) is 20.1 Å². The topological polar surface area (TPSA) is 69.0 Å². The molecule has 0 aromatic carbocycles. The molecule has 0 fully saturated rings. The van der Waals surface area contributed by atoms with Crippen LogP contribution in [0, 0.1) is 0 Å². The Balaban J connectivity index is 2.75. The maximum absolute atomic E-state index is 11.3. The van der Waals surface area contributed by atoms with Gasteiger partial charge in [0.05, 0.1) is 13.2 Å². The molecule has 0 aliphatic carbocycles. The van der Waals surface area contributed by atoms with Crippen LogP contribution in [-0.2, 0) is 9.53 Å². The first-order valence-corrected chi connectivity index (χ1v) is 4.30. The highest BCUT2D eigenvalue weighted by Crippen LogP contribution is 2.09. The molecule has 1 rings (SSSR count). The Morgan fingerprint density at radius 3 is 2.79 bits per heavy atom. The van der Waals surface area contributed by atoms with Crippen LogP contribution in [-0.4, -0.2) is 40.9 Å². The van der Waals surface area contributed by atoms with Gasteiger partial charge in [-0.2, -0.15) is 5.10 Å². The maximum Gasteiger partial charge on any atom is 0.325 e. The van der Waals surface area contributed by atoms with Crippen molar-refractivity contribution in [3.63, 3.8) is 0 Å². The molecule has 0 aliphatic rings. The molecule has 0 saturated heterocycles. The summed E-state index contributed by atoms with van der Waals surface area (Å²) in [5.41, 5.74) is 0. The number of carbonyl (C=O) groups is 1. The smallest absolute Gasteiger partial charge is 0.325 e. The van der Waals surface area contributed by atoms with Crippen LogP contribution in [0.15, 0.2) is 12.7 Å². The molecule has 14 heavy (non-hydrogen) atoms. The van der Waals surface area contributed by atoms with E-state index < -0.39 is 6.04 Å². The van der Waals surface area contributed by atoms with E-state index in [4.69, 9.17) is 0 Å². The summed E-state index contributed by atoms with van der Waals surface area (Å²) in [7, 11) is 3.07. The van der Waals surface area contributed by atoms with Crippen molar-refractivity contribution in [2.45, 2.75) is 19.0 Å². The summed E-state index contributed by atoms with van der Waals surface area (Å²) in [6.07, 6.45) is 3.00. The van der Waals surface area contributed by atoms with Crippen molar-refractivity contribution in [3.8, 4) is 0 Å². The minimum absolute atomic E-state index is 0.130. The van der Waals surface area contributed by atoms with Crippen LogP contribution < -0.4 is 5.32 Å². The average molecular weight is 198 g/mol. The number of likely N-dealkylation sites (N-methyl/N-ethyl adjacent to an activating group) is 1. The first-order chi connectivity index (χ1) is 6.70. The van der Waals surface area contributed by atoms with E-state index in [0.717, 1.165) is 0 Å². The Hall–Kier alpha value is -1.43. The van der Waals surface area contributed by atoms with Crippen molar-refractivity contribution < 1.29 is 9.53 Å². The van der Waals surface area contributed by atoms with Crippen molar-refractivity contribution in [2.75, 3.05) is 14.2 Å². The molecule has 0 bridgehead atoms. The van der Waals surface area contributed by atoms with Gasteiger partial charge in [0.1, 0.15) is 18.7 Å². The fraction of sp³-hybridized carbons (Fsp3) is 0.625. The highest BCUT2D eigenvalue weighted by atomic mass is 16.5. The van der Waals surface area contributed by atoms with Crippen molar-refractivity contribution in [3.05, 3.63) is 12.7 Å². The fourth-order valence-electron chi connectivity index (χ4n) is 1.26. The molecule has 0 amide bonds. The molecule has 0 spiro atoms. The second-order valence-corrected chi connectivity index (χ2v) is 2.91. The van der Waals surface area contributed by atoms with Gasteiger partial charge in [-0.15, -0.1) is 0 Å². The number of esters is 1. The van der Waals surface area contributed by atoms with Crippen LogP contribution >= 0.6 is 0 Å². The lowest BCUT2D eigenvalue weighted by Crippen LogP contribution is -2.41. The molecule has 2 atom stereocenters. The van der Waals surface area contributed by atoms with Crippen molar-refractivity contribution >= 4 is 5.97 Å². The normalized spacial score (nSPS) is 14.8. The van der Waals surface area contributed by atoms with E-state index >= 15 is 0 Å². The minimum atomic E-state index is -0.415. The number of hydrogen-bond donors (Lipinski definition) is 1. The van der Waals surface area contributed by atoms with Gasteiger partial charge in [0.2, 0.25) is 0 Å². The number of nitrogens with zero attached hydrogens (tertiary/aromatic N) is 3. The van der Waals surface area contributed by atoms with E-state index in [0.29, 0.717) is 0 Å². The molecule has 2 unspecified atom stereocenters. The average Bonchev–Trinajstić information content (AvgIpc) is 2.71. The summed E-state index contributed by atoms with van der Waals surface area (Å²) < 4.78 is 6.27. The lowest BCUT2D eigenvalue weighted by molar-refractivity contribution is -0.144. The Labute approximate surface area is 82.3 Å². The molecule has 0 aliphatic heterocycles. The Morgan fingerprint density at radius 1 is 1.64 bits per heavy atom. The van der Waals surface area contributed by atoms with Gasteiger partial charge in [0, 0.05) is 0 Å². The standard InChI is InChI=1S/C8H14N4O2/c1-6(12-5-10-4-11-12)7(9-2)8(13)14-3/h4-7,9H,1-3H3. The van der Waals surface area contributed by atoms with E-state index in [1.54, 1.807) is 18.1 Å². The van der Waals surface area contributed by atoms with Crippen LogP contribution in [0.2, 0.25) is 0 Å². The number of nitrogens with one attached hydrogen (secondary N) is 1. The number of ether oxygens (including phenoxy) is 1. The lowest BCUT2D eigenvalue weighted by Gasteiger charge is -2.20. The van der Waals surface area contributed by atoms with E-state index in [1.807, 2.05) is 6.92 Å². The third-order valence-electron chi connectivity index (χ3n) is 2.10. The quantitative estimate of drug-likeness (QED) is 0.667. The maximum atomic E-state index is 11.3. The molecular formula is C8H14N4O2. The summed E-state index contributed by atoms with van der Waals surface area (Å²) in [6, 6.07) is -0.545. The summed E-state index contributed by atoms with van der Waals surface area (Å²) in [5, 5.41) is 6.84. The molecule has 1 heterocycles. The second-order valence-electron chi connectivity index (χ2n) is 2.91. The van der Waals surface area contributed by atoms with Gasteiger partial charge < -0.3 is 10.1 Å². The highest BCUT2D eigenvalue weighted by molar-refractivity contribution is 5.76. The van der Waals surface area contributed by atoms with Gasteiger partial charge in [0.25, 0.3) is 0 Å². The number of rotatable bonds is 4. The zero-order valence-electron chi connectivity index (χ0n) is 8.47. The molecule has 0 radical (unpaired) electrons. The molecule has 6 heteroatoms. The van der Waals surface area contributed by atoms with E-state index in [2.05, 4.69) is 20.1 Å². The van der Waals surface area contributed by atoms with Crippen LogP contribution in [0.4, 0.5) is 0 Å². The fourth-order valence-corrected chi connectivity index (χ4v) is 1.26. The van der Waals surface area contributed by atoms with Gasteiger partial charge in [-0.05, 0) is 14.0 Å². The van der Waals surface area contributed by atoms with Gasteiger partial charge in [0.15, 0.2) is 0 Å². The number of hydrogen-bond acceptors (Lipinski definition) is 5. The zero-order valence-corrected chi connectivity index (χ0v) is 8.47. The Bertz CT molecular complexity index is 286. The predicted octanol–water partition coefficient (Wildman–Crippen LogP) is -0.400. The lowest BCUT2D eigenvalue weighted by atomic mass is 10.1. The van der Waals surface area contributed by atoms with E-state index in [-0.39, 0.29) is 12.0 Å². The number of carbonyl (C=O) groups excluding carboxylic acids is 1. The summed E-state index contributed by atoms with van der Waals surface area (Å²) >= 11 is 0. The predicted molar refractivity (Wildman–Crippen MR) is 49.6 cm³/mol. The monoisotopic (exact) mass is 198 g/mol. The third kappa shape index (κ3) is 2.08. The van der Waals surface area contributed by atoms with Crippen LogP contribution in [0.25, 0.3) is 0 Å². The molecule has 0 saturated carbocycles. The number of methoxy groups -OCH3 is 1. The largest absolute Gasteiger partial charge is 0.468 e. The molecule has 1 aromatic heterocycles. The molecule has 1 N–H and O–H groups in total.